The van der Waals surface area contributed by atoms with Crippen LogP contribution in [0.5, 0.6) is 0 Å². The van der Waals surface area contributed by atoms with Gasteiger partial charge in [-0.25, -0.2) is 0 Å². The van der Waals surface area contributed by atoms with E-state index in [2.05, 4.69) is 20.9 Å². The van der Waals surface area contributed by atoms with Gasteiger partial charge in [0.05, 0.1) is 0 Å². The first kappa shape index (κ1) is 11.7. The van der Waals surface area contributed by atoms with Gasteiger partial charge >= 0.3 is 6.01 Å². The molecule has 3 rings (SSSR count). The van der Waals surface area contributed by atoms with Crippen molar-refractivity contribution >= 4 is 39.0 Å². The summed E-state index contributed by atoms with van der Waals surface area (Å²) in [5.74, 6) is -0.0843. The number of hydrogen-bond acceptors (Lipinski definition) is 4. The molecular weight excluding hydrogens is 300 g/mol. The molecule has 0 spiro atoms. The maximum atomic E-state index is 11.8. The summed E-state index contributed by atoms with van der Waals surface area (Å²) in [6.07, 6.45) is 0.346. The summed E-state index contributed by atoms with van der Waals surface area (Å²) in [6.45, 7) is 0.470. The van der Waals surface area contributed by atoms with Gasteiger partial charge in [-0.2, -0.15) is 4.98 Å². The lowest BCUT2D eigenvalue weighted by Crippen LogP contribution is -2.25. The third-order valence-electron chi connectivity index (χ3n) is 3.03. The number of aliphatic hydroxyl groups is 1. The summed E-state index contributed by atoms with van der Waals surface area (Å²) in [5, 5.41) is 9.09. The molecule has 1 unspecified atom stereocenters. The Balaban J connectivity index is 1.97. The number of benzene rings is 1. The summed E-state index contributed by atoms with van der Waals surface area (Å²) < 4.78 is 6.48. The van der Waals surface area contributed by atoms with E-state index in [1.165, 1.54) is 4.90 Å². The molecule has 0 saturated carbocycles. The molecule has 1 atom stereocenters. The summed E-state index contributed by atoms with van der Waals surface area (Å²) in [4.78, 5) is 17.6. The second kappa shape index (κ2) is 4.37. The first-order chi connectivity index (χ1) is 8.67. The van der Waals surface area contributed by atoms with Crippen LogP contribution in [0, 0.1) is 5.92 Å². The first-order valence-electron chi connectivity index (χ1n) is 5.64. The molecule has 94 valence electrons. The normalized spacial score (nSPS) is 20.0. The van der Waals surface area contributed by atoms with Gasteiger partial charge in [-0.05, 0) is 18.2 Å². The zero-order chi connectivity index (χ0) is 12.7. The largest absolute Gasteiger partial charge is 0.423 e. The Kier molecular flexibility index (Phi) is 2.83. The smallest absolute Gasteiger partial charge is 0.305 e. The number of rotatable bonds is 2. The van der Waals surface area contributed by atoms with Crippen molar-refractivity contribution < 1.29 is 14.3 Å². The van der Waals surface area contributed by atoms with Crippen molar-refractivity contribution in [2.24, 2.45) is 5.92 Å². The molecule has 0 radical (unpaired) electrons. The van der Waals surface area contributed by atoms with Crippen LogP contribution in [-0.2, 0) is 4.79 Å². The molecule has 1 aromatic carbocycles. The maximum Gasteiger partial charge on any atom is 0.305 e. The van der Waals surface area contributed by atoms with Crippen molar-refractivity contribution in [1.82, 2.24) is 4.98 Å². The Morgan fingerprint density at radius 3 is 3.11 bits per heavy atom. The van der Waals surface area contributed by atoms with Crippen molar-refractivity contribution in [1.29, 1.82) is 0 Å². The fourth-order valence-electron chi connectivity index (χ4n) is 2.09. The lowest BCUT2D eigenvalue weighted by Gasteiger charge is -2.10. The lowest BCUT2D eigenvalue weighted by molar-refractivity contribution is -0.117. The highest BCUT2D eigenvalue weighted by Gasteiger charge is 2.33. The van der Waals surface area contributed by atoms with Gasteiger partial charge in [0.15, 0.2) is 5.58 Å². The molecule has 1 saturated heterocycles. The highest BCUT2D eigenvalue weighted by atomic mass is 79.9. The Bertz CT molecular complexity index is 610. The number of aromatic nitrogens is 1. The van der Waals surface area contributed by atoms with Crippen LogP contribution < -0.4 is 4.90 Å². The zero-order valence-corrected chi connectivity index (χ0v) is 11.1. The van der Waals surface area contributed by atoms with Crippen molar-refractivity contribution in [3.63, 3.8) is 0 Å². The molecule has 5 nitrogen and oxygen atoms in total. The highest BCUT2D eigenvalue weighted by molar-refractivity contribution is 9.10. The third kappa shape index (κ3) is 1.91. The quantitative estimate of drug-likeness (QED) is 0.920. The van der Waals surface area contributed by atoms with Crippen LogP contribution >= 0.6 is 15.9 Å². The minimum Gasteiger partial charge on any atom is -0.423 e. The predicted octanol–water partition coefficient (Wildman–Crippen LogP) is 1.94. The van der Waals surface area contributed by atoms with Crippen molar-refractivity contribution in [3.8, 4) is 0 Å². The molecule has 1 aliphatic rings. The fraction of sp³-hybridized carbons (Fsp3) is 0.333. The van der Waals surface area contributed by atoms with Crippen LogP contribution in [0.4, 0.5) is 6.01 Å². The fourth-order valence-corrected chi connectivity index (χ4v) is 2.43. The minimum absolute atomic E-state index is 0.00795. The van der Waals surface area contributed by atoms with Crippen LogP contribution in [0.15, 0.2) is 27.1 Å². The predicted molar refractivity (Wildman–Crippen MR) is 69.3 cm³/mol. The first-order valence-corrected chi connectivity index (χ1v) is 6.44. The Labute approximate surface area is 112 Å². The summed E-state index contributed by atoms with van der Waals surface area (Å²) >= 11 is 3.36. The molecule has 6 heteroatoms. The van der Waals surface area contributed by atoms with Crippen LogP contribution in [-0.4, -0.2) is 29.1 Å². The van der Waals surface area contributed by atoms with E-state index in [1.807, 2.05) is 18.2 Å². The molecule has 2 aromatic rings. The standard InChI is InChI=1S/C12H11BrN2O3/c13-8-1-2-9-10(4-8)18-12(14-9)15-5-7(6-16)3-11(15)17/h1-2,4,7,16H,3,5-6H2. The van der Waals surface area contributed by atoms with E-state index in [-0.39, 0.29) is 18.4 Å². The monoisotopic (exact) mass is 310 g/mol. The van der Waals surface area contributed by atoms with Gasteiger partial charge in [-0.15, -0.1) is 0 Å². The third-order valence-corrected chi connectivity index (χ3v) is 3.53. The molecule has 1 aromatic heterocycles. The van der Waals surface area contributed by atoms with Gasteiger partial charge in [0.1, 0.15) is 5.52 Å². The molecule has 0 bridgehead atoms. The number of hydrogen-bond donors (Lipinski definition) is 1. The van der Waals surface area contributed by atoms with Gasteiger partial charge in [-0.1, -0.05) is 15.9 Å². The van der Waals surface area contributed by atoms with Crippen LogP contribution in [0.2, 0.25) is 0 Å². The van der Waals surface area contributed by atoms with E-state index >= 15 is 0 Å². The average Bonchev–Trinajstić information content (AvgIpc) is 2.91. The average molecular weight is 311 g/mol. The number of nitrogens with zero attached hydrogens (tertiary/aromatic N) is 2. The van der Waals surface area contributed by atoms with Crippen molar-refractivity contribution in [2.75, 3.05) is 18.1 Å². The van der Waals surface area contributed by atoms with Gasteiger partial charge in [0, 0.05) is 30.0 Å². The van der Waals surface area contributed by atoms with Gasteiger partial charge < -0.3 is 9.52 Å². The Hall–Kier alpha value is -1.40. The summed E-state index contributed by atoms with van der Waals surface area (Å²) in [7, 11) is 0. The number of carbonyl (C=O) groups excluding carboxylic acids is 1. The molecule has 2 heterocycles. The van der Waals surface area contributed by atoms with Crippen LogP contribution in [0.1, 0.15) is 6.42 Å². The van der Waals surface area contributed by atoms with Gasteiger partial charge in [0.25, 0.3) is 0 Å². The number of amides is 1. The Morgan fingerprint density at radius 2 is 2.39 bits per heavy atom. The number of carbonyl (C=O) groups is 1. The zero-order valence-electron chi connectivity index (χ0n) is 9.47. The molecule has 0 aliphatic carbocycles. The van der Waals surface area contributed by atoms with Crippen molar-refractivity contribution in [3.05, 3.63) is 22.7 Å². The van der Waals surface area contributed by atoms with E-state index in [9.17, 15) is 4.79 Å². The van der Waals surface area contributed by atoms with E-state index in [4.69, 9.17) is 9.52 Å². The Morgan fingerprint density at radius 1 is 1.56 bits per heavy atom. The minimum atomic E-state index is -0.0559. The highest BCUT2D eigenvalue weighted by Crippen LogP contribution is 2.28. The van der Waals surface area contributed by atoms with Gasteiger partial charge in [-0.3, -0.25) is 9.69 Å². The van der Waals surface area contributed by atoms with Crippen LogP contribution in [0.25, 0.3) is 11.1 Å². The molecular formula is C12H11BrN2O3. The summed E-state index contributed by atoms with van der Waals surface area (Å²) in [6, 6.07) is 5.83. The topological polar surface area (TPSA) is 66.6 Å². The summed E-state index contributed by atoms with van der Waals surface area (Å²) in [5.41, 5.74) is 1.35. The van der Waals surface area contributed by atoms with Gasteiger partial charge in [0.2, 0.25) is 5.91 Å². The second-order valence-corrected chi connectivity index (χ2v) is 5.28. The van der Waals surface area contributed by atoms with Crippen molar-refractivity contribution in [2.45, 2.75) is 6.42 Å². The molecule has 1 aliphatic heterocycles. The molecule has 18 heavy (non-hydrogen) atoms. The number of oxazole rings is 1. The van der Waals surface area contributed by atoms with Crippen LogP contribution in [0.3, 0.4) is 0 Å². The number of aliphatic hydroxyl groups excluding tert-OH is 1. The maximum absolute atomic E-state index is 11.8. The second-order valence-electron chi connectivity index (χ2n) is 4.37. The number of anilines is 1. The van der Waals surface area contributed by atoms with E-state index in [1.54, 1.807) is 0 Å². The molecule has 1 N–H and O–H groups in total. The number of fused-ring (bicyclic) bond motifs is 1. The number of halogens is 1. The lowest BCUT2D eigenvalue weighted by atomic mass is 10.1. The SMILES string of the molecule is O=C1CC(CO)CN1c1nc2ccc(Br)cc2o1. The molecule has 1 fully saturated rings. The van der Waals surface area contributed by atoms with E-state index in [0.29, 0.717) is 30.1 Å². The van der Waals surface area contributed by atoms with E-state index < -0.39 is 0 Å². The van der Waals surface area contributed by atoms with E-state index in [0.717, 1.165) is 4.47 Å². The molecule has 1 amide bonds.